The van der Waals surface area contributed by atoms with Gasteiger partial charge in [-0.3, -0.25) is 0 Å². The van der Waals surface area contributed by atoms with Crippen LogP contribution in [0.15, 0.2) is 18.3 Å². The molecule has 23 heavy (non-hydrogen) atoms. The Morgan fingerprint density at radius 2 is 1.87 bits per heavy atom. The SMILES string of the molecule is CCCCc1cn(CCC)c2c(C(=O)O)cc(C(C)(C)C)cc12. The highest BCUT2D eigenvalue weighted by Gasteiger charge is 2.22. The number of nitrogens with zero attached hydrogens (tertiary/aromatic N) is 1. The lowest BCUT2D eigenvalue weighted by Gasteiger charge is -2.20. The molecule has 0 saturated carbocycles. The molecule has 0 aliphatic carbocycles. The van der Waals surface area contributed by atoms with E-state index in [4.69, 9.17) is 0 Å². The van der Waals surface area contributed by atoms with Gasteiger partial charge >= 0.3 is 5.97 Å². The predicted octanol–water partition coefficient (Wildman–Crippen LogP) is 5.39. The van der Waals surface area contributed by atoms with Crippen LogP contribution in [0.25, 0.3) is 10.9 Å². The van der Waals surface area contributed by atoms with Crippen LogP contribution in [-0.4, -0.2) is 15.6 Å². The first-order valence-electron chi connectivity index (χ1n) is 8.69. The highest BCUT2D eigenvalue weighted by Crippen LogP contribution is 2.33. The molecule has 0 aliphatic rings. The quantitative estimate of drug-likeness (QED) is 0.776. The average molecular weight is 315 g/mol. The number of carboxylic acids is 1. The van der Waals surface area contributed by atoms with Crippen molar-refractivity contribution < 1.29 is 9.90 Å². The summed E-state index contributed by atoms with van der Waals surface area (Å²) in [4.78, 5) is 11.9. The Hall–Kier alpha value is -1.77. The molecule has 3 nitrogen and oxygen atoms in total. The van der Waals surface area contributed by atoms with Gasteiger partial charge in [0.25, 0.3) is 0 Å². The van der Waals surface area contributed by atoms with E-state index in [-0.39, 0.29) is 5.41 Å². The maximum atomic E-state index is 11.9. The second-order valence-corrected chi connectivity index (χ2v) is 7.43. The minimum absolute atomic E-state index is 0.0622. The number of aromatic carboxylic acids is 1. The number of carbonyl (C=O) groups is 1. The lowest BCUT2D eigenvalue weighted by atomic mass is 9.84. The molecule has 0 spiro atoms. The number of aryl methyl sites for hydroxylation is 2. The van der Waals surface area contributed by atoms with Crippen LogP contribution in [0.5, 0.6) is 0 Å². The molecular weight excluding hydrogens is 286 g/mol. The van der Waals surface area contributed by atoms with E-state index in [2.05, 4.69) is 51.4 Å². The van der Waals surface area contributed by atoms with Gasteiger partial charge in [0, 0.05) is 18.1 Å². The molecule has 2 aromatic rings. The Kier molecular flexibility index (Phi) is 5.18. The van der Waals surface area contributed by atoms with Crippen LogP contribution >= 0.6 is 0 Å². The van der Waals surface area contributed by atoms with Gasteiger partial charge in [-0.2, -0.15) is 0 Å². The van der Waals surface area contributed by atoms with E-state index >= 15 is 0 Å². The topological polar surface area (TPSA) is 42.2 Å². The van der Waals surface area contributed by atoms with E-state index in [1.165, 1.54) is 5.56 Å². The van der Waals surface area contributed by atoms with Crippen molar-refractivity contribution in [3.8, 4) is 0 Å². The molecule has 1 N–H and O–H groups in total. The number of carboxylic acid groups (broad SMARTS) is 1. The number of aromatic nitrogens is 1. The summed E-state index contributed by atoms with van der Waals surface area (Å²) in [5.41, 5.74) is 3.63. The highest BCUT2D eigenvalue weighted by atomic mass is 16.4. The van der Waals surface area contributed by atoms with E-state index in [9.17, 15) is 9.90 Å². The van der Waals surface area contributed by atoms with Crippen molar-refractivity contribution in [2.75, 3.05) is 0 Å². The second kappa shape index (κ2) is 6.77. The molecule has 0 radical (unpaired) electrons. The lowest BCUT2D eigenvalue weighted by Crippen LogP contribution is -2.13. The van der Waals surface area contributed by atoms with Crippen LogP contribution in [0, 0.1) is 0 Å². The lowest BCUT2D eigenvalue weighted by molar-refractivity contribution is 0.0698. The fourth-order valence-electron chi connectivity index (χ4n) is 3.09. The summed E-state index contributed by atoms with van der Waals surface area (Å²) in [6.07, 6.45) is 6.45. The number of rotatable bonds is 6. The third-order valence-corrected chi connectivity index (χ3v) is 4.42. The standard InChI is InChI=1S/C20H29NO2/c1-6-8-9-14-13-21(10-7-2)18-16(14)11-15(20(3,4)5)12-17(18)19(22)23/h11-13H,6-10H2,1-5H3,(H,22,23). The van der Waals surface area contributed by atoms with Crippen molar-refractivity contribution in [3.63, 3.8) is 0 Å². The summed E-state index contributed by atoms with van der Waals surface area (Å²) in [6, 6.07) is 4.07. The Morgan fingerprint density at radius 1 is 1.17 bits per heavy atom. The molecule has 0 aliphatic heterocycles. The maximum Gasteiger partial charge on any atom is 0.337 e. The van der Waals surface area contributed by atoms with E-state index in [1.807, 2.05) is 6.07 Å². The van der Waals surface area contributed by atoms with Crippen molar-refractivity contribution in [2.24, 2.45) is 0 Å². The molecule has 1 aromatic heterocycles. The van der Waals surface area contributed by atoms with E-state index in [0.717, 1.165) is 48.7 Å². The van der Waals surface area contributed by atoms with Gasteiger partial charge in [-0.25, -0.2) is 4.79 Å². The van der Waals surface area contributed by atoms with Gasteiger partial charge in [0.15, 0.2) is 0 Å². The zero-order valence-corrected chi connectivity index (χ0v) is 15.1. The van der Waals surface area contributed by atoms with Crippen LogP contribution in [0.1, 0.15) is 75.4 Å². The van der Waals surface area contributed by atoms with Crippen molar-refractivity contribution in [1.29, 1.82) is 0 Å². The van der Waals surface area contributed by atoms with Gasteiger partial charge in [0.05, 0.1) is 11.1 Å². The van der Waals surface area contributed by atoms with Gasteiger partial charge in [-0.05, 0) is 47.9 Å². The van der Waals surface area contributed by atoms with E-state index in [1.54, 1.807) is 0 Å². The summed E-state index contributed by atoms with van der Waals surface area (Å²) >= 11 is 0. The monoisotopic (exact) mass is 315 g/mol. The average Bonchev–Trinajstić information content (AvgIpc) is 2.81. The van der Waals surface area contributed by atoms with Crippen LogP contribution in [0.4, 0.5) is 0 Å². The third kappa shape index (κ3) is 3.60. The largest absolute Gasteiger partial charge is 0.478 e. The van der Waals surface area contributed by atoms with Crippen molar-refractivity contribution in [2.45, 2.75) is 72.3 Å². The van der Waals surface area contributed by atoms with Crippen LogP contribution in [0.3, 0.4) is 0 Å². The molecule has 126 valence electrons. The van der Waals surface area contributed by atoms with Gasteiger partial charge in [0.2, 0.25) is 0 Å². The van der Waals surface area contributed by atoms with Gasteiger partial charge in [0.1, 0.15) is 0 Å². The predicted molar refractivity (Wildman–Crippen MR) is 96.5 cm³/mol. The number of hydrogen-bond donors (Lipinski definition) is 1. The Labute approximate surface area is 139 Å². The molecule has 0 atom stereocenters. The Morgan fingerprint density at radius 3 is 2.39 bits per heavy atom. The first kappa shape index (κ1) is 17.6. The minimum atomic E-state index is -0.835. The summed E-state index contributed by atoms with van der Waals surface area (Å²) in [7, 11) is 0. The maximum absolute atomic E-state index is 11.9. The molecule has 0 bridgehead atoms. The smallest absolute Gasteiger partial charge is 0.337 e. The van der Waals surface area contributed by atoms with Crippen molar-refractivity contribution >= 4 is 16.9 Å². The Balaban J connectivity index is 2.77. The van der Waals surface area contributed by atoms with Crippen molar-refractivity contribution in [3.05, 3.63) is 35.0 Å². The fraction of sp³-hybridized carbons (Fsp3) is 0.550. The van der Waals surface area contributed by atoms with Crippen LogP contribution < -0.4 is 0 Å². The summed E-state index contributed by atoms with van der Waals surface area (Å²) in [5, 5.41) is 10.9. The highest BCUT2D eigenvalue weighted by molar-refractivity contribution is 6.04. The zero-order chi connectivity index (χ0) is 17.2. The molecule has 1 heterocycles. The summed E-state index contributed by atoms with van der Waals surface area (Å²) in [5.74, 6) is -0.835. The summed E-state index contributed by atoms with van der Waals surface area (Å²) in [6.45, 7) is 11.6. The number of hydrogen-bond acceptors (Lipinski definition) is 1. The minimum Gasteiger partial charge on any atom is -0.478 e. The van der Waals surface area contributed by atoms with E-state index in [0.29, 0.717) is 5.56 Å². The van der Waals surface area contributed by atoms with Crippen LogP contribution in [-0.2, 0) is 18.4 Å². The molecule has 0 fully saturated rings. The van der Waals surface area contributed by atoms with Gasteiger partial charge in [-0.1, -0.05) is 41.0 Å². The van der Waals surface area contributed by atoms with E-state index < -0.39 is 5.97 Å². The Bertz CT molecular complexity index is 704. The zero-order valence-electron chi connectivity index (χ0n) is 15.1. The number of benzene rings is 1. The molecule has 2 rings (SSSR count). The second-order valence-electron chi connectivity index (χ2n) is 7.43. The van der Waals surface area contributed by atoms with Gasteiger partial charge in [-0.15, -0.1) is 0 Å². The molecule has 1 aromatic carbocycles. The molecule has 0 saturated heterocycles. The number of fused-ring (bicyclic) bond motifs is 1. The first-order chi connectivity index (χ1) is 10.8. The van der Waals surface area contributed by atoms with Gasteiger partial charge < -0.3 is 9.67 Å². The fourth-order valence-corrected chi connectivity index (χ4v) is 3.09. The normalized spacial score (nSPS) is 12.0. The molecule has 0 amide bonds. The number of unbranched alkanes of at least 4 members (excludes halogenated alkanes) is 1. The molecular formula is C20H29NO2. The molecule has 3 heteroatoms. The molecule has 0 unspecified atom stereocenters. The first-order valence-corrected chi connectivity index (χ1v) is 8.69. The van der Waals surface area contributed by atoms with Crippen molar-refractivity contribution in [1.82, 2.24) is 4.57 Å². The summed E-state index contributed by atoms with van der Waals surface area (Å²) < 4.78 is 2.14. The van der Waals surface area contributed by atoms with Crippen LogP contribution in [0.2, 0.25) is 0 Å². The third-order valence-electron chi connectivity index (χ3n) is 4.42.